The van der Waals surface area contributed by atoms with E-state index in [4.69, 9.17) is 11.5 Å². The molecule has 0 heterocycles. The fraction of sp³-hybridized carbons (Fsp3) is 0.273. The van der Waals surface area contributed by atoms with Gasteiger partial charge in [0.15, 0.2) is 0 Å². The molecule has 1 rings (SSSR count). The lowest BCUT2D eigenvalue weighted by Crippen LogP contribution is -2.31. The fourth-order valence-electron chi connectivity index (χ4n) is 1.18. The van der Waals surface area contributed by atoms with Crippen LogP contribution in [-0.2, 0) is 6.42 Å². The van der Waals surface area contributed by atoms with E-state index in [0.29, 0.717) is 6.54 Å². The van der Waals surface area contributed by atoms with Gasteiger partial charge in [-0.2, -0.15) is 0 Å². The second kappa shape index (κ2) is 6.60. The molecule has 0 saturated heterocycles. The van der Waals surface area contributed by atoms with E-state index in [0.717, 1.165) is 12.0 Å². The van der Waals surface area contributed by atoms with Crippen LogP contribution in [0.4, 0.5) is 0 Å². The van der Waals surface area contributed by atoms with Crippen LogP contribution in [0.5, 0.6) is 0 Å². The van der Waals surface area contributed by atoms with Crippen LogP contribution in [-0.4, -0.2) is 12.6 Å². The molecular formula is C11H17ClN2. The molecule has 0 spiro atoms. The van der Waals surface area contributed by atoms with E-state index in [1.54, 1.807) is 0 Å². The summed E-state index contributed by atoms with van der Waals surface area (Å²) in [5.74, 6) is 0. The van der Waals surface area contributed by atoms with Crippen molar-refractivity contribution >= 4 is 18.5 Å². The van der Waals surface area contributed by atoms with Crippen molar-refractivity contribution < 1.29 is 0 Å². The first-order valence-electron chi connectivity index (χ1n) is 4.43. The normalized spacial score (nSPS) is 11.6. The topological polar surface area (TPSA) is 52.0 Å². The fourth-order valence-corrected chi connectivity index (χ4v) is 1.18. The first kappa shape index (κ1) is 13.2. The van der Waals surface area contributed by atoms with Crippen LogP contribution < -0.4 is 11.5 Å². The number of hydrogen-bond donors (Lipinski definition) is 2. The van der Waals surface area contributed by atoms with E-state index >= 15 is 0 Å². The van der Waals surface area contributed by atoms with Gasteiger partial charge < -0.3 is 11.5 Å². The molecule has 78 valence electrons. The predicted molar refractivity (Wildman–Crippen MR) is 64.5 cm³/mol. The Morgan fingerprint density at radius 3 is 2.29 bits per heavy atom. The van der Waals surface area contributed by atoms with Gasteiger partial charge in [-0.3, -0.25) is 0 Å². The van der Waals surface area contributed by atoms with Gasteiger partial charge in [-0.1, -0.05) is 36.9 Å². The van der Waals surface area contributed by atoms with Crippen molar-refractivity contribution in [1.29, 1.82) is 0 Å². The number of benzene rings is 1. The van der Waals surface area contributed by atoms with Crippen LogP contribution in [0.15, 0.2) is 30.8 Å². The lowest BCUT2D eigenvalue weighted by Gasteiger charge is -2.08. The number of nitrogens with two attached hydrogens (primary N) is 2. The van der Waals surface area contributed by atoms with Gasteiger partial charge in [0, 0.05) is 12.6 Å². The first-order chi connectivity index (χ1) is 6.26. The summed E-state index contributed by atoms with van der Waals surface area (Å²) < 4.78 is 0. The van der Waals surface area contributed by atoms with Crippen LogP contribution in [0, 0.1) is 0 Å². The minimum absolute atomic E-state index is 0. The summed E-state index contributed by atoms with van der Waals surface area (Å²) in [6.45, 7) is 4.22. The van der Waals surface area contributed by atoms with Gasteiger partial charge in [0.1, 0.15) is 0 Å². The van der Waals surface area contributed by atoms with E-state index < -0.39 is 0 Å². The molecule has 0 aliphatic heterocycles. The molecule has 0 aromatic heterocycles. The van der Waals surface area contributed by atoms with Crippen molar-refractivity contribution in [2.45, 2.75) is 12.5 Å². The average Bonchev–Trinajstić information content (AvgIpc) is 2.19. The highest BCUT2D eigenvalue weighted by Crippen LogP contribution is 2.06. The minimum atomic E-state index is 0. The molecule has 0 saturated carbocycles. The number of hydrogen-bond acceptors (Lipinski definition) is 2. The highest BCUT2D eigenvalue weighted by Gasteiger charge is 2.00. The van der Waals surface area contributed by atoms with Crippen LogP contribution in [0.2, 0.25) is 0 Å². The van der Waals surface area contributed by atoms with E-state index in [1.807, 2.05) is 18.2 Å². The summed E-state index contributed by atoms with van der Waals surface area (Å²) in [5.41, 5.74) is 13.5. The Bertz CT molecular complexity index is 269. The summed E-state index contributed by atoms with van der Waals surface area (Å²) in [4.78, 5) is 0. The molecule has 1 atom stereocenters. The summed E-state index contributed by atoms with van der Waals surface area (Å²) in [6.07, 6.45) is 2.67. The number of halogens is 1. The largest absolute Gasteiger partial charge is 0.329 e. The van der Waals surface area contributed by atoms with E-state index in [9.17, 15) is 0 Å². The van der Waals surface area contributed by atoms with E-state index in [-0.39, 0.29) is 18.4 Å². The zero-order chi connectivity index (χ0) is 9.68. The third-order valence-electron chi connectivity index (χ3n) is 2.02. The zero-order valence-electron chi connectivity index (χ0n) is 8.15. The molecule has 0 amide bonds. The van der Waals surface area contributed by atoms with Crippen LogP contribution in [0.1, 0.15) is 11.1 Å². The van der Waals surface area contributed by atoms with Gasteiger partial charge in [0.05, 0.1) is 0 Å². The summed E-state index contributed by atoms with van der Waals surface area (Å²) in [6, 6.07) is 8.26. The smallest absolute Gasteiger partial charge is 0.0203 e. The Morgan fingerprint density at radius 2 is 1.86 bits per heavy atom. The monoisotopic (exact) mass is 212 g/mol. The maximum Gasteiger partial charge on any atom is 0.0203 e. The highest BCUT2D eigenvalue weighted by atomic mass is 35.5. The molecule has 14 heavy (non-hydrogen) atoms. The molecule has 0 aliphatic carbocycles. The van der Waals surface area contributed by atoms with Crippen LogP contribution in [0.3, 0.4) is 0 Å². The molecule has 1 aromatic carbocycles. The van der Waals surface area contributed by atoms with Gasteiger partial charge >= 0.3 is 0 Å². The average molecular weight is 213 g/mol. The quantitative estimate of drug-likeness (QED) is 0.797. The maximum absolute atomic E-state index is 5.73. The van der Waals surface area contributed by atoms with Gasteiger partial charge in [-0.25, -0.2) is 0 Å². The zero-order valence-corrected chi connectivity index (χ0v) is 8.96. The number of rotatable bonds is 4. The highest BCUT2D eigenvalue weighted by molar-refractivity contribution is 5.85. The molecule has 2 nitrogen and oxygen atoms in total. The molecule has 1 unspecified atom stereocenters. The summed E-state index contributed by atoms with van der Waals surface area (Å²) in [7, 11) is 0. The molecule has 4 N–H and O–H groups in total. The second-order valence-corrected chi connectivity index (χ2v) is 3.15. The van der Waals surface area contributed by atoms with Gasteiger partial charge in [0.25, 0.3) is 0 Å². The minimum Gasteiger partial charge on any atom is -0.329 e. The Kier molecular flexibility index (Phi) is 6.21. The molecular weight excluding hydrogens is 196 g/mol. The summed E-state index contributed by atoms with van der Waals surface area (Å²) in [5, 5.41) is 0. The Balaban J connectivity index is 0.00000169. The van der Waals surface area contributed by atoms with E-state index in [2.05, 4.69) is 18.7 Å². The van der Waals surface area contributed by atoms with Crippen molar-refractivity contribution in [2.24, 2.45) is 11.5 Å². The van der Waals surface area contributed by atoms with Crippen molar-refractivity contribution in [3.63, 3.8) is 0 Å². The second-order valence-electron chi connectivity index (χ2n) is 3.15. The predicted octanol–water partition coefficient (Wildman–Crippen LogP) is 1.58. The van der Waals surface area contributed by atoms with Crippen molar-refractivity contribution in [1.82, 2.24) is 0 Å². The SMILES string of the molecule is C=Cc1ccc(CC(N)CN)cc1.Cl. The van der Waals surface area contributed by atoms with Crippen molar-refractivity contribution in [3.8, 4) is 0 Å². The van der Waals surface area contributed by atoms with Crippen molar-refractivity contribution in [3.05, 3.63) is 42.0 Å². The van der Waals surface area contributed by atoms with Crippen molar-refractivity contribution in [2.75, 3.05) is 6.54 Å². The maximum atomic E-state index is 5.73. The molecule has 0 fully saturated rings. The van der Waals surface area contributed by atoms with Gasteiger partial charge in [0.2, 0.25) is 0 Å². The standard InChI is InChI=1S/C11H16N2.ClH/c1-2-9-3-5-10(6-4-9)7-11(13)8-12;/h2-6,11H,1,7-8,12-13H2;1H. The van der Waals surface area contributed by atoms with E-state index in [1.165, 1.54) is 5.56 Å². The Morgan fingerprint density at radius 1 is 1.29 bits per heavy atom. The Hall–Kier alpha value is -0.830. The summed E-state index contributed by atoms with van der Waals surface area (Å²) >= 11 is 0. The molecule has 1 aromatic rings. The molecule has 0 aliphatic rings. The third kappa shape index (κ3) is 3.92. The Labute approximate surface area is 91.4 Å². The molecule has 0 bridgehead atoms. The third-order valence-corrected chi connectivity index (χ3v) is 2.02. The van der Waals surface area contributed by atoms with Crippen LogP contribution in [0.25, 0.3) is 6.08 Å². The molecule has 3 heteroatoms. The molecule has 0 radical (unpaired) electrons. The van der Waals surface area contributed by atoms with Crippen LogP contribution >= 0.6 is 12.4 Å². The lowest BCUT2D eigenvalue weighted by molar-refractivity contribution is 0.678. The van der Waals surface area contributed by atoms with Gasteiger partial charge in [-0.15, -0.1) is 12.4 Å². The van der Waals surface area contributed by atoms with Gasteiger partial charge in [-0.05, 0) is 17.5 Å². The first-order valence-corrected chi connectivity index (χ1v) is 4.43. The lowest BCUT2D eigenvalue weighted by atomic mass is 10.0.